The van der Waals surface area contributed by atoms with Gasteiger partial charge in [-0.3, -0.25) is 0 Å². The number of hydrogen-bond acceptors (Lipinski definition) is 3. The van der Waals surface area contributed by atoms with Gasteiger partial charge in [0.15, 0.2) is 0 Å². The summed E-state index contributed by atoms with van der Waals surface area (Å²) in [6.45, 7) is 1.09. The van der Waals surface area contributed by atoms with Crippen LogP contribution in [0.4, 0.5) is 0 Å². The van der Waals surface area contributed by atoms with Crippen LogP contribution in [0.1, 0.15) is 25.7 Å². The molecule has 0 aromatic heterocycles. The molecule has 0 aromatic rings. The first-order chi connectivity index (χ1) is 6.28. The summed E-state index contributed by atoms with van der Waals surface area (Å²) in [5.41, 5.74) is 5.78. The Hall–Kier alpha value is -0.590. The first-order valence-corrected chi connectivity index (χ1v) is 5.03. The molecule has 0 aromatic carbocycles. The fourth-order valence-electron chi connectivity index (χ4n) is 2.42. The van der Waals surface area contributed by atoms with E-state index in [9.17, 15) is 0 Å². The van der Waals surface area contributed by atoms with Crippen molar-refractivity contribution < 1.29 is 4.74 Å². The van der Waals surface area contributed by atoms with Gasteiger partial charge in [-0.15, -0.1) is 0 Å². The zero-order valence-corrected chi connectivity index (χ0v) is 7.83. The molecule has 1 aliphatic carbocycles. The molecule has 13 heavy (non-hydrogen) atoms. The molecular formula is C10H16N2O. The van der Waals surface area contributed by atoms with E-state index < -0.39 is 0 Å². The average Bonchev–Trinajstić information content (AvgIpc) is 2.54. The normalized spacial score (nSPS) is 29.2. The molecule has 1 heterocycles. The summed E-state index contributed by atoms with van der Waals surface area (Å²) in [5.74, 6) is 0.559. The molecule has 1 aliphatic heterocycles. The highest BCUT2D eigenvalue weighted by Gasteiger charge is 2.47. The molecule has 72 valence electrons. The van der Waals surface area contributed by atoms with Gasteiger partial charge in [0, 0.05) is 6.04 Å². The quantitative estimate of drug-likeness (QED) is 0.690. The molecule has 0 amide bonds. The molecule has 2 rings (SSSR count). The predicted molar refractivity (Wildman–Crippen MR) is 48.8 cm³/mol. The summed E-state index contributed by atoms with van der Waals surface area (Å²) in [5, 5.41) is 9.06. The number of hydrogen-bond donors (Lipinski definition) is 1. The lowest BCUT2D eigenvalue weighted by Gasteiger charge is -2.42. The maximum Gasteiger partial charge on any atom is 0.119 e. The Bertz CT molecular complexity index is 224. The zero-order chi connectivity index (χ0) is 9.31. The van der Waals surface area contributed by atoms with Crippen molar-refractivity contribution in [2.24, 2.45) is 17.1 Å². The molecule has 1 saturated carbocycles. The maximum absolute atomic E-state index is 9.06. The third-order valence-electron chi connectivity index (χ3n) is 3.49. The summed E-state index contributed by atoms with van der Waals surface area (Å²) in [4.78, 5) is 0. The van der Waals surface area contributed by atoms with E-state index in [1.807, 2.05) is 0 Å². The van der Waals surface area contributed by atoms with Crippen LogP contribution in [0.3, 0.4) is 0 Å². The predicted octanol–water partition coefficient (Wildman–Crippen LogP) is 1.04. The van der Waals surface area contributed by atoms with Crippen LogP contribution in [-0.2, 0) is 4.74 Å². The largest absolute Gasteiger partial charge is 0.378 e. The number of nitrogens with two attached hydrogens (primary N) is 1. The van der Waals surface area contributed by atoms with Crippen LogP contribution in [0, 0.1) is 22.7 Å². The minimum atomic E-state index is -0.352. The van der Waals surface area contributed by atoms with Crippen molar-refractivity contribution in [2.75, 3.05) is 13.2 Å². The molecule has 0 bridgehead atoms. The maximum atomic E-state index is 9.06. The van der Waals surface area contributed by atoms with E-state index >= 15 is 0 Å². The Balaban J connectivity index is 2.02. The van der Waals surface area contributed by atoms with Gasteiger partial charge in [0.25, 0.3) is 0 Å². The van der Waals surface area contributed by atoms with Crippen LogP contribution in [0.2, 0.25) is 0 Å². The highest BCUT2D eigenvalue weighted by Crippen LogP contribution is 2.38. The third-order valence-corrected chi connectivity index (χ3v) is 3.49. The molecule has 0 radical (unpaired) electrons. The van der Waals surface area contributed by atoms with Gasteiger partial charge in [0.1, 0.15) is 5.41 Å². The number of rotatable bonds is 2. The van der Waals surface area contributed by atoms with E-state index in [-0.39, 0.29) is 11.5 Å². The molecular weight excluding hydrogens is 164 g/mol. The van der Waals surface area contributed by atoms with Gasteiger partial charge < -0.3 is 10.5 Å². The molecule has 0 spiro atoms. The van der Waals surface area contributed by atoms with Crippen molar-refractivity contribution in [1.82, 2.24) is 0 Å². The summed E-state index contributed by atoms with van der Waals surface area (Å²) in [7, 11) is 0. The van der Waals surface area contributed by atoms with Crippen LogP contribution >= 0.6 is 0 Å². The fraction of sp³-hybridized carbons (Fsp3) is 0.900. The van der Waals surface area contributed by atoms with Crippen molar-refractivity contribution >= 4 is 0 Å². The Labute approximate surface area is 78.9 Å². The second-order valence-corrected chi connectivity index (χ2v) is 4.33. The lowest BCUT2D eigenvalue weighted by Crippen LogP contribution is -2.56. The van der Waals surface area contributed by atoms with Gasteiger partial charge in [0.2, 0.25) is 0 Å². The topological polar surface area (TPSA) is 59.0 Å². The van der Waals surface area contributed by atoms with Crippen LogP contribution < -0.4 is 5.73 Å². The third kappa shape index (κ3) is 1.34. The first kappa shape index (κ1) is 8.98. The van der Waals surface area contributed by atoms with E-state index in [4.69, 9.17) is 15.7 Å². The van der Waals surface area contributed by atoms with Crippen molar-refractivity contribution in [3.63, 3.8) is 0 Å². The van der Waals surface area contributed by atoms with Gasteiger partial charge in [-0.05, 0) is 18.8 Å². The van der Waals surface area contributed by atoms with Crippen LogP contribution in [-0.4, -0.2) is 19.3 Å². The minimum absolute atomic E-state index is 0.0359. The van der Waals surface area contributed by atoms with Crippen molar-refractivity contribution in [2.45, 2.75) is 31.7 Å². The Morgan fingerprint density at radius 1 is 1.38 bits per heavy atom. The minimum Gasteiger partial charge on any atom is -0.378 e. The lowest BCUT2D eigenvalue weighted by atomic mass is 9.74. The Morgan fingerprint density at radius 3 is 2.38 bits per heavy atom. The summed E-state index contributed by atoms with van der Waals surface area (Å²) in [6, 6.07) is 2.38. The van der Waals surface area contributed by atoms with Crippen molar-refractivity contribution in [1.29, 1.82) is 5.26 Å². The number of ether oxygens (including phenoxy) is 1. The van der Waals surface area contributed by atoms with Gasteiger partial charge in [-0.1, -0.05) is 12.8 Å². The van der Waals surface area contributed by atoms with E-state index in [0.29, 0.717) is 19.1 Å². The van der Waals surface area contributed by atoms with Crippen LogP contribution in [0.15, 0.2) is 0 Å². The first-order valence-electron chi connectivity index (χ1n) is 5.03. The number of nitrogens with zero attached hydrogens (tertiary/aromatic N) is 1. The molecule has 1 unspecified atom stereocenters. The molecule has 1 saturated heterocycles. The molecule has 1 atom stereocenters. The Morgan fingerprint density at radius 2 is 2.00 bits per heavy atom. The summed E-state index contributed by atoms with van der Waals surface area (Å²) in [6.07, 6.45) is 4.96. The highest BCUT2D eigenvalue weighted by molar-refractivity contribution is 5.11. The smallest absolute Gasteiger partial charge is 0.119 e. The summed E-state index contributed by atoms with van der Waals surface area (Å²) < 4.78 is 5.11. The van der Waals surface area contributed by atoms with E-state index in [1.165, 1.54) is 25.7 Å². The van der Waals surface area contributed by atoms with Crippen LogP contribution in [0.25, 0.3) is 0 Å². The van der Waals surface area contributed by atoms with Crippen LogP contribution in [0.5, 0.6) is 0 Å². The highest BCUT2D eigenvalue weighted by atomic mass is 16.5. The number of nitriles is 1. The molecule has 3 nitrogen and oxygen atoms in total. The zero-order valence-electron chi connectivity index (χ0n) is 7.83. The van der Waals surface area contributed by atoms with Gasteiger partial charge in [-0.2, -0.15) is 5.26 Å². The van der Waals surface area contributed by atoms with Crippen molar-refractivity contribution in [3.05, 3.63) is 0 Å². The monoisotopic (exact) mass is 180 g/mol. The molecule has 2 N–H and O–H groups in total. The van der Waals surface area contributed by atoms with E-state index in [2.05, 4.69) is 6.07 Å². The standard InChI is InChI=1S/C10H16N2O/c11-5-10(6-13-7-10)9(12)8-3-1-2-4-8/h8-9H,1-4,6-7,12H2. The Kier molecular flexibility index (Phi) is 2.27. The van der Waals surface area contributed by atoms with Gasteiger partial charge in [0.05, 0.1) is 19.3 Å². The summed E-state index contributed by atoms with van der Waals surface area (Å²) >= 11 is 0. The van der Waals surface area contributed by atoms with Gasteiger partial charge in [-0.25, -0.2) is 0 Å². The second kappa shape index (κ2) is 3.28. The molecule has 2 aliphatic rings. The lowest BCUT2D eigenvalue weighted by molar-refractivity contribution is -0.0986. The second-order valence-electron chi connectivity index (χ2n) is 4.33. The SMILES string of the molecule is N#CC1(C(N)C2CCCC2)COC1. The average molecular weight is 180 g/mol. The fourth-order valence-corrected chi connectivity index (χ4v) is 2.42. The van der Waals surface area contributed by atoms with E-state index in [0.717, 1.165) is 0 Å². The van der Waals surface area contributed by atoms with Crippen molar-refractivity contribution in [3.8, 4) is 6.07 Å². The van der Waals surface area contributed by atoms with Gasteiger partial charge >= 0.3 is 0 Å². The molecule has 2 fully saturated rings. The molecule has 3 heteroatoms. The van der Waals surface area contributed by atoms with E-state index in [1.54, 1.807) is 0 Å².